The van der Waals surface area contributed by atoms with E-state index in [1.54, 1.807) is 13.2 Å². The molecule has 1 atom stereocenters. The molecule has 7 heteroatoms. The van der Waals surface area contributed by atoms with Crippen molar-refractivity contribution in [3.05, 3.63) is 18.0 Å². The van der Waals surface area contributed by atoms with Crippen LogP contribution in [0, 0.1) is 5.92 Å². The zero-order valence-corrected chi connectivity index (χ0v) is 12.2. The summed E-state index contributed by atoms with van der Waals surface area (Å²) in [4.78, 5) is 23.1. The first-order valence-electron chi connectivity index (χ1n) is 7.32. The molecule has 0 saturated heterocycles. The summed E-state index contributed by atoms with van der Waals surface area (Å²) in [6, 6.07) is -1.53. The SMILES string of the molecule is Cn1cc(C(NC(=O)NCC2CCCCC2)C(=O)O)cn1. The van der Waals surface area contributed by atoms with Crippen LogP contribution in [0.2, 0.25) is 0 Å². The Bertz CT molecular complexity index is 494. The minimum atomic E-state index is -1.10. The first-order valence-corrected chi connectivity index (χ1v) is 7.32. The lowest BCUT2D eigenvalue weighted by atomic mass is 9.89. The number of amides is 2. The Morgan fingerprint density at radius 3 is 2.71 bits per heavy atom. The second kappa shape index (κ2) is 7.10. The fraction of sp³-hybridized carbons (Fsp3) is 0.643. The number of rotatable bonds is 5. The molecule has 2 amide bonds. The number of hydrogen-bond acceptors (Lipinski definition) is 3. The third kappa shape index (κ3) is 4.47. The average Bonchev–Trinajstić information content (AvgIpc) is 2.89. The number of carboxylic acid groups (broad SMARTS) is 1. The highest BCUT2D eigenvalue weighted by molar-refractivity contribution is 5.83. The molecule has 1 fully saturated rings. The highest BCUT2D eigenvalue weighted by Crippen LogP contribution is 2.22. The van der Waals surface area contributed by atoms with Crippen LogP contribution in [0.5, 0.6) is 0 Å². The third-order valence-corrected chi connectivity index (χ3v) is 3.86. The summed E-state index contributed by atoms with van der Waals surface area (Å²) in [5.74, 6) is -0.595. The van der Waals surface area contributed by atoms with Crippen molar-refractivity contribution in [1.29, 1.82) is 0 Å². The van der Waals surface area contributed by atoms with Crippen molar-refractivity contribution in [1.82, 2.24) is 20.4 Å². The van der Waals surface area contributed by atoms with Gasteiger partial charge in [0.2, 0.25) is 0 Å². The Balaban J connectivity index is 1.85. The summed E-state index contributed by atoms with van der Waals surface area (Å²) < 4.78 is 1.51. The number of carbonyl (C=O) groups excluding carboxylic acids is 1. The van der Waals surface area contributed by atoms with Gasteiger partial charge in [-0.05, 0) is 18.8 Å². The Kier molecular flexibility index (Phi) is 5.19. The Labute approximate surface area is 123 Å². The monoisotopic (exact) mass is 294 g/mol. The number of aryl methyl sites for hydroxylation is 1. The van der Waals surface area contributed by atoms with Crippen LogP contribution in [-0.2, 0) is 11.8 Å². The summed E-state index contributed by atoms with van der Waals surface area (Å²) in [5.41, 5.74) is 0.456. The van der Waals surface area contributed by atoms with E-state index in [0.29, 0.717) is 18.0 Å². The molecule has 0 bridgehead atoms. The van der Waals surface area contributed by atoms with E-state index in [1.165, 1.54) is 30.1 Å². The second-order valence-electron chi connectivity index (χ2n) is 5.58. The number of carbonyl (C=O) groups is 2. The molecule has 21 heavy (non-hydrogen) atoms. The van der Waals surface area contributed by atoms with Gasteiger partial charge in [-0.25, -0.2) is 9.59 Å². The molecule has 7 nitrogen and oxygen atoms in total. The smallest absolute Gasteiger partial charge is 0.331 e. The molecule has 1 aromatic rings. The largest absolute Gasteiger partial charge is 0.479 e. The van der Waals surface area contributed by atoms with Gasteiger partial charge in [-0.3, -0.25) is 4.68 Å². The van der Waals surface area contributed by atoms with E-state index in [0.717, 1.165) is 12.8 Å². The second-order valence-corrected chi connectivity index (χ2v) is 5.58. The average molecular weight is 294 g/mol. The first-order chi connectivity index (χ1) is 10.1. The van der Waals surface area contributed by atoms with Crippen molar-refractivity contribution < 1.29 is 14.7 Å². The molecule has 116 valence electrons. The van der Waals surface area contributed by atoms with Gasteiger partial charge in [-0.2, -0.15) is 5.10 Å². The zero-order valence-electron chi connectivity index (χ0n) is 12.2. The van der Waals surface area contributed by atoms with Crippen molar-refractivity contribution in [2.75, 3.05) is 6.54 Å². The number of nitrogens with one attached hydrogen (secondary N) is 2. The lowest BCUT2D eigenvalue weighted by Gasteiger charge is -2.22. The predicted octanol–water partition coefficient (Wildman–Crippen LogP) is 1.43. The summed E-state index contributed by atoms with van der Waals surface area (Å²) in [6.45, 7) is 0.602. The number of aromatic nitrogens is 2. The van der Waals surface area contributed by atoms with E-state index < -0.39 is 18.0 Å². The summed E-state index contributed by atoms with van der Waals surface area (Å²) in [5, 5.41) is 18.4. The van der Waals surface area contributed by atoms with Crippen LogP contribution in [0.4, 0.5) is 4.79 Å². The molecule has 1 unspecified atom stereocenters. The van der Waals surface area contributed by atoms with Gasteiger partial charge in [0.25, 0.3) is 0 Å². The standard InChI is InChI=1S/C14H22N4O3/c1-18-9-11(8-16-18)12(13(19)20)17-14(21)15-7-10-5-3-2-4-6-10/h8-10,12H,2-7H2,1H3,(H,19,20)(H2,15,17,21). The van der Waals surface area contributed by atoms with E-state index in [4.69, 9.17) is 0 Å². The molecule has 0 aromatic carbocycles. The van der Waals surface area contributed by atoms with E-state index >= 15 is 0 Å². The lowest BCUT2D eigenvalue weighted by molar-refractivity contribution is -0.139. The van der Waals surface area contributed by atoms with Crippen molar-refractivity contribution in [2.24, 2.45) is 13.0 Å². The van der Waals surface area contributed by atoms with E-state index in [1.807, 2.05) is 0 Å². The van der Waals surface area contributed by atoms with Gasteiger partial charge in [0.15, 0.2) is 6.04 Å². The fourth-order valence-electron chi connectivity index (χ4n) is 2.69. The van der Waals surface area contributed by atoms with Crippen LogP contribution in [-0.4, -0.2) is 33.4 Å². The van der Waals surface area contributed by atoms with Gasteiger partial charge < -0.3 is 15.7 Å². The normalized spacial score (nSPS) is 17.2. The molecule has 1 aliphatic carbocycles. The molecule has 1 saturated carbocycles. The summed E-state index contributed by atoms with van der Waals surface area (Å²) >= 11 is 0. The van der Waals surface area contributed by atoms with Gasteiger partial charge in [-0.1, -0.05) is 19.3 Å². The molecule has 0 aliphatic heterocycles. The quantitative estimate of drug-likeness (QED) is 0.765. The minimum Gasteiger partial charge on any atom is -0.479 e. The number of aliphatic carboxylic acids is 1. The molecule has 3 N–H and O–H groups in total. The maximum Gasteiger partial charge on any atom is 0.331 e. The lowest BCUT2D eigenvalue weighted by Crippen LogP contribution is -2.42. The minimum absolute atomic E-state index is 0.447. The van der Waals surface area contributed by atoms with Crippen LogP contribution >= 0.6 is 0 Å². The molecule has 2 rings (SSSR count). The third-order valence-electron chi connectivity index (χ3n) is 3.86. The van der Waals surface area contributed by atoms with Crippen molar-refractivity contribution >= 4 is 12.0 Å². The molecule has 1 heterocycles. The van der Waals surface area contributed by atoms with Gasteiger partial charge in [0.1, 0.15) is 0 Å². The van der Waals surface area contributed by atoms with Crippen LogP contribution in [0.1, 0.15) is 43.7 Å². The van der Waals surface area contributed by atoms with Crippen molar-refractivity contribution in [3.63, 3.8) is 0 Å². The first kappa shape index (κ1) is 15.3. The highest BCUT2D eigenvalue weighted by atomic mass is 16.4. The van der Waals surface area contributed by atoms with E-state index in [9.17, 15) is 14.7 Å². The Morgan fingerprint density at radius 1 is 1.43 bits per heavy atom. The van der Waals surface area contributed by atoms with E-state index in [-0.39, 0.29) is 0 Å². The van der Waals surface area contributed by atoms with Crippen LogP contribution in [0.25, 0.3) is 0 Å². The van der Waals surface area contributed by atoms with Gasteiger partial charge in [-0.15, -0.1) is 0 Å². The molecule has 0 spiro atoms. The number of hydrogen-bond donors (Lipinski definition) is 3. The summed E-state index contributed by atoms with van der Waals surface area (Å²) in [6.07, 6.45) is 8.98. The Hall–Kier alpha value is -2.05. The van der Waals surface area contributed by atoms with Crippen LogP contribution < -0.4 is 10.6 Å². The molecule has 0 radical (unpaired) electrons. The maximum atomic E-state index is 11.9. The topological polar surface area (TPSA) is 96.2 Å². The van der Waals surface area contributed by atoms with Gasteiger partial charge in [0.05, 0.1) is 6.20 Å². The van der Waals surface area contributed by atoms with Gasteiger partial charge in [0, 0.05) is 25.4 Å². The number of nitrogens with zero attached hydrogens (tertiary/aromatic N) is 2. The fourth-order valence-corrected chi connectivity index (χ4v) is 2.69. The summed E-state index contributed by atoms with van der Waals surface area (Å²) in [7, 11) is 1.70. The zero-order chi connectivity index (χ0) is 15.2. The number of urea groups is 1. The molecule has 1 aliphatic rings. The molecular formula is C14H22N4O3. The van der Waals surface area contributed by atoms with Crippen LogP contribution in [0.15, 0.2) is 12.4 Å². The highest BCUT2D eigenvalue weighted by Gasteiger charge is 2.24. The number of carboxylic acids is 1. The van der Waals surface area contributed by atoms with E-state index in [2.05, 4.69) is 15.7 Å². The maximum absolute atomic E-state index is 11.9. The van der Waals surface area contributed by atoms with Gasteiger partial charge >= 0.3 is 12.0 Å². The molecular weight excluding hydrogens is 272 g/mol. The Morgan fingerprint density at radius 2 is 2.14 bits per heavy atom. The van der Waals surface area contributed by atoms with Crippen molar-refractivity contribution in [3.8, 4) is 0 Å². The molecule has 1 aromatic heterocycles. The predicted molar refractivity (Wildman–Crippen MR) is 76.7 cm³/mol. The van der Waals surface area contributed by atoms with Crippen molar-refractivity contribution in [2.45, 2.75) is 38.1 Å². The van der Waals surface area contributed by atoms with Crippen LogP contribution in [0.3, 0.4) is 0 Å².